The van der Waals surface area contributed by atoms with Gasteiger partial charge in [-0.15, -0.1) is 11.3 Å². The van der Waals surface area contributed by atoms with Crippen molar-refractivity contribution < 1.29 is 4.79 Å². The first-order valence-corrected chi connectivity index (χ1v) is 9.38. The van der Waals surface area contributed by atoms with Crippen LogP contribution in [0.2, 0.25) is 0 Å². The van der Waals surface area contributed by atoms with E-state index >= 15 is 0 Å². The number of carbonyl (C=O) groups is 1. The van der Waals surface area contributed by atoms with Crippen molar-refractivity contribution in [1.82, 2.24) is 19.4 Å². The van der Waals surface area contributed by atoms with E-state index in [1.807, 2.05) is 63.6 Å². The monoisotopic (exact) mass is 365 g/mol. The van der Waals surface area contributed by atoms with E-state index in [-0.39, 0.29) is 5.91 Å². The predicted octanol–water partition coefficient (Wildman–Crippen LogP) is 2.69. The molecule has 1 saturated heterocycles. The largest absolute Gasteiger partial charge is 0.353 e. The maximum atomic E-state index is 12.3. The Labute approximate surface area is 156 Å². The van der Waals surface area contributed by atoms with Gasteiger partial charge in [0, 0.05) is 55.6 Å². The Bertz CT molecular complexity index is 881. The topological polar surface area (TPSA) is 54.3 Å². The van der Waals surface area contributed by atoms with E-state index in [1.165, 1.54) is 0 Å². The fourth-order valence-corrected chi connectivity index (χ4v) is 3.56. The van der Waals surface area contributed by atoms with Crippen LogP contribution in [0.15, 0.2) is 60.5 Å². The number of nitrogens with zero attached hydrogens (tertiary/aromatic N) is 5. The molecule has 1 amide bonds. The number of rotatable bonds is 4. The summed E-state index contributed by atoms with van der Waals surface area (Å²) in [5.74, 6) is 1.80. The summed E-state index contributed by atoms with van der Waals surface area (Å²) in [5.41, 5.74) is 0. The summed E-state index contributed by atoms with van der Waals surface area (Å²) < 4.78 is 1.96. The molecule has 4 heterocycles. The smallest absolute Gasteiger partial charge is 0.246 e. The number of piperazine rings is 1. The molecule has 1 aliphatic rings. The normalized spacial score (nSPS) is 14.9. The minimum absolute atomic E-state index is 0.0637. The highest BCUT2D eigenvalue weighted by atomic mass is 32.1. The van der Waals surface area contributed by atoms with Gasteiger partial charge in [0.05, 0.1) is 0 Å². The molecule has 0 saturated carbocycles. The summed E-state index contributed by atoms with van der Waals surface area (Å²) in [6.07, 6.45) is 9.06. The Kier molecular flexibility index (Phi) is 4.79. The van der Waals surface area contributed by atoms with Crippen LogP contribution in [0.25, 0.3) is 11.9 Å². The van der Waals surface area contributed by atoms with Crippen LogP contribution in [0.4, 0.5) is 5.82 Å². The number of hydrogen-bond acceptors (Lipinski definition) is 5. The third-order valence-electron chi connectivity index (χ3n) is 4.36. The van der Waals surface area contributed by atoms with Crippen LogP contribution in [0.3, 0.4) is 0 Å². The van der Waals surface area contributed by atoms with Gasteiger partial charge in [-0.25, -0.2) is 9.97 Å². The van der Waals surface area contributed by atoms with E-state index in [0.29, 0.717) is 13.1 Å². The Morgan fingerprint density at radius 1 is 1.04 bits per heavy atom. The third-order valence-corrected chi connectivity index (χ3v) is 5.19. The minimum Gasteiger partial charge on any atom is -0.353 e. The van der Waals surface area contributed by atoms with Crippen LogP contribution in [-0.4, -0.2) is 51.5 Å². The lowest BCUT2D eigenvalue weighted by atomic mass is 10.3. The molecule has 0 aliphatic carbocycles. The summed E-state index contributed by atoms with van der Waals surface area (Å²) >= 11 is 1.63. The molecule has 0 N–H and O–H groups in total. The van der Waals surface area contributed by atoms with Crippen LogP contribution in [0.5, 0.6) is 0 Å². The molecule has 0 unspecified atom stereocenters. The van der Waals surface area contributed by atoms with Gasteiger partial charge in [0.15, 0.2) is 0 Å². The first kappa shape index (κ1) is 16.5. The lowest BCUT2D eigenvalue weighted by molar-refractivity contribution is -0.126. The second-order valence-electron chi connectivity index (χ2n) is 5.99. The molecular weight excluding hydrogens is 346 g/mol. The predicted molar refractivity (Wildman–Crippen MR) is 104 cm³/mol. The van der Waals surface area contributed by atoms with Crippen LogP contribution in [0, 0.1) is 0 Å². The average molecular weight is 365 g/mol. The van der Waals surface area contributed by atoms with Gasteiger partial charge in [0.2, 0.25) is 5.91 Å². The summed E-state index contributed by atoms with van der Waals surface area (Å²) in [6.45, 7) is 2.91. The molecule has 7 heteroatoms. The molecule has 132 valence electrons. The molecule has 1 fully saturated rings. The Morgan fingerprint density at radius 2 is 1.81 bits per heavy atom. The number of thiophene rings is 1. The van der Waals surface area contributed by atoms with E-state index in [0.717, 1.165) is 29.6 Å². The lowest BCUT2D eigenvalue weighted by Crippen LogP contribution is -2.48. The number of aromatic nitrogens is 3. The molecule has 0 spiro atoms. The van der Waals surface area contributed by atoms with E-state index in [2.05, 4.69) is 14.9 Å². The van der Waals surface area contributed by atoms with Crippen molar-refractivity contribution in [3.63, 3.8) is 0 Å². The van der Waals surface area contributed by atoms with Crippen molar-refractivity contribution in [1.29, 1.82) is 0 Å². The van der Waals surface area contributed by atoms with Crippen molar-refractivity contribution in [2.75, 3.05) is 31.1 Å². The van der Waals surface area contributed by atoms with E-state index in [9.17, 15) is 4.79 Å². The zero-order valence-electron chi connectivity index (χ0n) is 14.2. The lowest BCUT2D eigenvalue weighted by Gasteiger charge is -2.35. The molecule has 4 rings (SSSR count). The van der Waals surface area contributed by atoms with E-state index < -0.39 is 0 Å². The van der Waals surface area contributed by atoms with Crippen molar-refractivity contribution in [3.05, 3.63) is 65.4 Å². The second kappa shape index (κ2) is 7.53. The van der Waals surface area contributed by atoms with Crippen molar-refractivity contribution in [2.45, 2.75) is 0 Å². The molecular formula is C19H19N5OS. The van der Waals surface area contributed by atoms with Crippen molar-refractivity contribution >= 4 is 29.1 Å². The van der Waals surface area contributed by atoms with Gasteiger partial charge in [0.1, 0.15) is 18.0 Å². The maximum absolute atomic E-state index is 12.3. The molecule has 3 aromatic heterocycles. The van der Waals surface area contributed by atoms with Gasteiger partial charge in [-0.1, -0.05) is 6.07 Å². The van der Waals surface area contributed by atoms with Crippen molar-refractivity contribution in [3.8, 4) is 5.82 Å². The van der Waals surface area contributed by atoms with Gasteiger partial charge in [-0.3, -0.25) is 4.79 Å². The minimum atomic E-state index is 0.0637. The first-order chi connectivity index (χ1) is 12.8. The number of anilines is 1. The number of carbonyl (C=O) groups excluding carboxylic acids is 1. The van der Waals surface area contributed by atoms with Gasteiger partial charge >= 0.3 is 0 Å². The fraction of sp³-hybridized carbons (Fsp3) is 0.211. The second-order valence-corrected chi connectivity index (χ2v) is 6.97. The van der Waals surface area contributed by atoms with Crippen LogP contribution < -0.4 is 4.90 Å². The third kappa shape index (κ3) is 3.67. The summed E-state index contributed by atoms with van der Waals surface area (Å²) in [6, 6.07) is 9.90. The number of amides is 1. The van der Waals surface area contributed by atoms with Gasteiger partial charge < -0.3 is 14.4 Å². The Balaban J connectivity index is 1.38. The quantitative estimate of drug-likeness (QED) is 0.667. The zero-order valence-corrected chi connectivity index (χ0v) is 15.0. The molecule has 0 bridgehead atoms. The van der Waals surface area contributed by atoms with Crippen LogP contribution in [0.1, 0.15) is 4.88 Å². The molecule has 1 aliphatic heterocycles. The highest BCUT2D eigenvalue weighted by molar-refractivity contribution is 7.10. The van der Waals surface area contributed by atoms with E-state index in [4.69, 9.17) is 0 Å². The Morgan fingerprint density at radius 3 is 2.54 bits per heavy atom. The molecule has 26 heavy (non-hydrogen) atoms. The van der Waals surface area contributed by atoms with Crippen molar-refractivity contribution in [2.24, 2.45) is 0 Å². The molecule has 0 atom stereocenters. The van der Waals surface area contributed by atoms with Crippen LogP contribution >= 0.6 is 11.3 Å². The SMILES string of the molecule is O=C(/C=C/c1cccs1)N1CCN(c2cc(-n3cccc3)ncn2)CC1. The summed E-state index contributed by atoms with van der Waals surface area (Å²) in [4.78, 5) is 26.2. The number of hydrogen-bond donors (Lipinski definition) is 0. The summed E-state index contributed by atoms with van der Waals surface area (Å²) in [5, 5.41) is 2.01. The molecule has 3 aromatic rings. The average Bonchev–Trinajstić information content (AvgIpc) is 3.40. The highest BCUT2D eigenvalue weighted by Crippen LogP contribution is 2.17. The van der Waals surface area contributed by atoms with Gasteiger partial charge in [-0.2, -0.15) is 0 Å². The highest BCUT2D eigenvalue weighted by Gasteiger charge is 2.21. The van der Waals surface area contributed by atoms with E-state index in [1.54, 1.807) is 23.7 Å². The van der Waals surface area contributed by atoms with Gasteiger partial charge in [-0.05, 0) is 29.7 Å². The summed E-state index contributed by atoms with van der Waals surface area (Å²) in [7, 11) is 0. The molecule has 0 radical (unpaired) electrons. The fourth-order valence-electron chi connectivity index (χ4n) is 2.94. The standard InChI is InChI=1S/C19H19N5OS/c25-19(6-5-16-4-3-13-26-16)24-11-9-23(10-12-24)18-14-17(20-15-21-18)22-7-1-2-8-22/h1-8,13-15H,9-12H2/b6-5+. The van der Waals surface area contributed by atoms with Gasteiger partial charge in [0.25, 0.3) is 0 Å². The maximum Gasteiger partial charge on any atom is 0.246 e. The first-order valence-electron chi connectivity index (χ1n) is 8.50. The zero-order chi connectivity index (χ0) is 17.8. The molecule has 6 nitrogen and oxygen atoms in total. The molecule has 0 aromatic carbocycles. The van der Waals surface area contributed by atoms with Crippen LogP contribution in [-0.2, 0) is 4.79 Å². The Hall–Kier alpha value is -2.93.